The van der Waals surface area contributed by atoms with Crippen LogP contribution in [0.5, 0.6) is 11.5 Å². The first-order valence-corrected chi connectivity index (χ1v) is 7.76. The van der Waals surface area contributed by atoms with Crippen LogP contribution >= 0.6 is 0 Å². The van der Waals surface area contributed by atoms with Gasteiger partial charge in [-0.3, -0.25) is 14.5 Å². The van der Waals surface area contributed by atoms with E-state index in [-0.39, 0.29) is 6.54 Å². The number of urea groups is 1. The van der Waals surface area contributed by atoms with Crippen LogP contribution in [0.1, 0.15) is 20.3 Å². The van der Waals surface area contributed by atoms with E-state index in [2.05, 4.69) is 10.6 Å². The molecule has 4 amide bonds. The largest absolute Gasteiger partial charge is 0.486 e. The van der Waals surface area contributed by atoms with E-state index < -0.39 is 23.4 Å². The number of hydrogen-bond acceptors (Lipinski definition) is 5. The third-order valence-electron chi connectivity index (χ3n) is 4.18. The molecule has 2 aliphatic heterocycles. The highest BCUT2D eigenvalue weighted by atomic mass is 16.6. The van der Waals surface area contributed by atoms with E-state index >= 15 is 0 Å². The summed E-state index contributed by atoms with van der Waals surface area (Å²) in [5, 5.41) is 5.27. The fourth-order valence-corrected chi connectivity index (χ4v) is 2.60. The van der Waals surface area contributed by atoms with Gasteiger partial charge in [-0.2, -0.15) is 0 Å². The Morgan fingerprint density at radius 1 is 1.29 bits per heavy atom. The number of imide groups is 1. The van der Waals surface area contributed by atoms with Gasteiger partial charge in [0.05, 0.1) is 0 Å². The molecule has 2 N–H and O–H groups in total. The standard InChI is InChI=1S/C16H19N3O5/c1-3-16(2)14(21)19(15(22)18-16)9-13(20)17-10-4-5-11-12(8-10)24-7-6-23-11/h4-5,8H,3,6-7,9H2,1-2H3,(H,17,20)(H,18,22). The summed E-state index contributed by atoms with van der Waals surface area (Å²) >= 11 is 0. The average Bonchev–Trinajstić information content (AvgIpc) is 2.78. The van der Waals surface area contributed by atoms with Gasteiger partial charge in [0.15, 0.2) is 11.5 Å². The third-order valence-corrected chi connectivity index (χ3v) is 4.18. The number of rotatable bonds is 4. The Hall–Kier alpha value is -2.77. The molecular formula is C16H19N3O5. The molecule has 24 heavy (non-hydrogen) atoms. The summed E-state index contributed by atoms with van der Waals surface area (Å²) < 4.78 is 10.9. The fraction of sp³-hybridized carbons (Fsp3) is 0.438. The van der Waals surface area contributed by atoms with Crippen LogP contribution in [0, 0.1) is 0 Å². The molecule has 0 spiro atoms. The molecule has 3 rings (SSSR count). The zero-order valence-corrected chi connectivity index (χ0v) is 13.5. The van der Waals surface area contributed by atoms with E-state index in [0.29, 0.717) is 36.8 Å². The smallest absolute Gasteiger partial charge is 0.325 e. The van der Waals surface area contributed by atoms with Crippen LogP contribution in [0.3, 0.4) is 0 Å². The fourth-order valence-electron chi connectivity index (χ4n) is 2.60. The maximum absolute atomic E-state index is 12.3. The lowest BCUT2D eigenvalue weighted by Gasteiger charge is -2.20. The van der Waals surface area contributed by atoms with Gasteiger partial charge in [-0.15, -0.1) is 0 Å². The van der Waals surface area contributed by atoms with Crippen molar-refractivity contribution in [1.29, 1.82) is 0 Å². The highest BCUT2D eigenvalue weighted by Crippen LogP contribution is 2.32. The number of anilines is 1. The van der Waals surface area contributed by atoms with Crippen molar-refractivity contribution in [3.8, 4) is 11.5 Å². The Labute approximate surface area is 139 Å². The number of fused-ring (bicyclic) bond motifs is 1. The van der Waals surface area contributed by atoms with Gasteiger partial charge in [-0.05, 0) is 25.5 Å². The molecule has 2 heterocycles. The van der Waals surface area contributed by atoms with Gasteiger partial charge < -0.3 is 20.1 Å². The average molecular weight is 333 g/mol. The van der Waals surface area contributed by atoms with Gasteiger partial charge >= 0.3 is 6.03 Å². The van der Waals surface area contributed by atoms with Crippen LogP contribution < -0.4 is 20.1 Å². The Balaban J connectivity index is 1.66. The zero-order chi connectivity index (χ0) is 17.3. The molecule has 0 aliphatic carbocycles. The lowest BCUT2D eigenvalue weighted by Crippen LogP contribution is -2.44. The van der Waals surface area contributed by atoms with Crippen molar-refractivity contribution in [2.24, 2.45) is 0 Å². The Morgan fingerprint density at radius 3 is 2.67 bits per heavy atom. The zero-order valence-electron chi connectivity index (χ0n) is 13.5. The summed E-state index contributed by atoms with van der Waals surface area (Å²) in [7, 11) is 0. The van der Waals surface area contributed by atoms with Crippen LogP contribution in [0.4, 0.5) is 10.5 Å². The van der Waals surface area contributed by atoms with Crippen LogP contribution in [0.2, 0.25) is 0 Å². The first kappa shape index (κ1) is 16.1. The summed E-state index contributed by atoms with van der Waals surface area (Å²) in [5.41, 5.74) is -0.441. The summed E-state index contributed by atoms with van der Waals surface area (Å²) in [4.78, 5) is 37.3. The molecule has 1 saturated heterocycles. The van der Waals surface area contributed by atoms with Crippen molar-refractivity contribution < 1.29 is 23.9 Å². The van der Waals surface area contributed by atoms with E-state index in [1.165, 1.54) is 0 Å². The molecule has 8 nitrogen and oxygen atoms in total. The van der Waals surface area contributed by atoms with Gasteiger partial charge in [-0.1, -0.05) is 6.92 Å². The van der Waals surface area contributed by atoms with E-state index in [1.54, 1.807) is 32.0 Å². The van der Waals surface area contributed by atoms with Crippen molar-refractivity contribution in [3.05, 3.63) is 18.2 Å². The van der Waals surface area contributed by atoms with E-state index in [4.69, 9.17) is 9.47 Å². The van der Waals surface area contributed by atoms with Gasteiger partial charge in [0, 0.05) is 11.8 Å². The molecule has 0 bridgehead atoms. The van der Waals surface area contributed by atoms with E-state index in [1.807, 2.05) is 0 Å². The number of nitrogens with one attached hydrogen (secondary N) is 2. The number of hydrogen-bond donors (Lipinski definition) is 2. The molecule has 0 saturated carbocycles. The highest BCUT2D eigenvalue weighted by Gasteiger charge is 2.46. The number of carbonyl (C=O) groups excluding carboxylic acids is 3. The maximum Gasteiger partial charge on any atom is 0.325 e. The molecule has 0 radical (unpaired) electrons. The number of amides is 4. The quantitative estimate of drug-likeness (QED) is 0.805. The minimum atomic E-state index is -0.950. The molecule has 128 valence electrons. The van der Waals surface area contributed by atoms with E-state index in [0.717, 1.165) is 4.90 Å². The van der Waals surface area contributed by atoms with Gasteiger partial charge in [0.2, 0.25) is 5.91 Å². The first-order valence-electron chi connectivity index (χ1n) is 7.76. The Morgan fingerprint density at radius 2 is 2.00 bits per heavy atom. The van der Waals surface area contributed by atoms with Crippen LogP contribution in [0.25, 0.3) is 0 Å². The van der Waals surface area contributed by atoms with Crippen LogP contribution in [-0.2, 0) is 9.59 Å². The predicted molar refractivity (Wildman–Crippen MR) is 85.0 cm³/mol. The molecule has 2 aliphatic rings. The van der Waals surface area contributed by atoms with Crippen LogP contribution in [0.15, 0.2) is 18.2 Å². The summed E-state index contributed by atoms with van der Waals surface area (Å²) in [6.45, 7) is 4.04. The summed E-state index contributed by atoms with van der Waals surface area (Å²) in [5.74, 6) is 0.308. The van der Waals surface area contributed by atoms with Crippen molar-refractivity contribution in [1.82, 2.24) is 10.2 Å². The second kappa shape index (κ2) is 6.03. The second-order valence-electron chi connectivity index (χ2n) is 5.91. The lowest BCUT2D eigenvalue weighted by atomic mass is 9.99. The molecule has 1 unspecified atom stereocenters. The Bertz CT molecular complexity index is 705. The third kappa shape index (κ3) is 2.86. The molecule has 1 atom stereocenters. The minimum absolute atomic E-state index is 0.339. The van der Waals surface area contributed by atoms with Gasteiger partial charge in [0.25, 0.3) is 5.91 Å². The molecule has 1 aromatic rings. The highest BCUT2D eigenvalue weighted by molar-refractivity contribution is 6.09. The summed E-state index contributed by atoms with van der Waals surface area (Å²) in [6, 6.07) is 4.47. The molecule has 1 fully saturated rings. The Kier molecular flexibility index (Phi) is 4.04. The lowest BCUT2D eigenvalue weighted by molar-refractivity contribution is -0.133. The number of nitrogens with zero attached hydrogens (tertiary/aromatic N) is 1. The van der Waals surface area contributed by atoms with Crippen molar-refractivity contribution in [3.63, 3.8) is 0 Å². The molecular weight excluding hydrogens is 314 g/mol. The SMILES string of the molecule is CCC1(C)NC(=O)N(CC(=O)Nc2ccc3c(c2)OCCO3)C1=O. The van der Waals surface area contributed by atoms with Gasteiger partial charge in [-0.25, -0.2) is 4.79 Å². The normalized spacial score (nSPS) is 22.3. The number of carbonyl (C=O) groups is 3. The predicted octanol–water partition coefficient (Wildman–Crippen LogP) is 1.12. The number of ether oxygens (including phenoxy) is 2. The first-order chi connectivity index (χ1) is 11.4. The molecule has 8 heteroatoms. The molecule has 0 aromatic heterocycles. The van der Waals surface area contributed by atoms with Gasteiger partial charge in [0.1, 0.15) is 25.3 Å². The monoisotopic (exact) mass is 333 g/mol. The molecule has 1 aromatic carbocycles. The van der Waals surface area contributed by atoms with Crippen LogP contribution in [-0.4, -0.2) is 48.0 Å². The summed E-state index contributed by atoms with van der Waals surface area (Å²) in [6.07, 6.45) is 0.456. The van der Waals surface area contributed by atoms with Crippen molar-refractivity contribution in [2.45, 2.75) is 25.8 Å². The number of benzene rings is 1. The van der Waals surface area contributed by atoms with E-state index in [9.17, 15) is 14.4 Å². The van der Waals surface area contributed by atoms with Crippen molar-refractivity contribution >= 4 is 23.5 Å². The van der Waals surface area contributed by atoms with Crippen molar-refractivity contribution in [2.75, 3.05) is 25.1 Å². The maximum atomic E-state index is 12.3. The minimum Gasteiger partial charge on any atom is -0.486 e. The topological polar surface area (TPSA) is 97.0 Å². The second-order valence-corrected chi connectivity index (χ2v) is 5.91.